The molecule has 0 radical (unpaired) electrons. The molecule has 1 aliphatic heterocycles. The first-order chi connectivity index (χ1) is 7.49. The van der Waals surface area contributed by atoms with Gasteiger partial charge in [-0.3, -0.25) is 0 Å². The van der Waals surface area contributed by atoms with Crippen molar-refractivity contribution in [2.24, 2.45) is 0 Å². The van der Waals surface area contributed by atoms with Crippen molar-refractivity contribution in [1.29, 1.82) is 0 Å². The SMILES string of the molecule is CC1(C)CNCCN1c1cc(F)cc(F)c1. The zero-order chi connectivity index (χ0) is 11.8. The Hall–Kier alpha value is -1.16. The molecule has 0 atom stereocenters. The van der Waals surface area contributed by atoms with E-state index in [0.29, 0.717) is 5.69 Å². The molecule has 1 N–H and O–H groups in total. The highest BCUT2D eigenvalue weighted by Crippen LogP contribution is 2.26. The minimum atomic E-state index is -0.524. The third kappa shape index (κ3) is 2.16. The molecular weight excluding hydrogens is 210 g/mol. The molecule has 0 spiro atoms. The van der Waals surface area contributed by atoms with Crippen molar-refractivity contribution in [3.63, 3.8) is 0 Å². The van der Waals surface area contributed by atoms with E-state index in [4.69, 9.17) is 0 Å². The van der Waals surface area contributed by atoms with Crippen LogP contribution in [0.15, 0.2) is 18.2 Å². The standard InChI is InChI=1S/C12H16F2N2/c1-12(2)8-15-3-4-16(12)11-6-9(13)5-10(14)7-11/h5-7,15H,3-4,8H2,1-2H3. The van der Waals surface area contributed by atoms with Gasteiger partial charge in [0.1, 0.15) is 11.6 Å². The smallest absolute Gasteiger partial charge is 0.128 e. The van der Waals surface area contributed by atoms with E-state index in [2.05, 4.69) is 19.2 Å². The van der Waals surface area contributed by atoms with Crippen LogP contribution in [0.3, 0.4) is 0 Å². The first-order valence-electron chi connectivity index (χ1n) is 5.43. The summed E-state index contributed by atoms with van der Waals surface area (Å²) < 4.78 is 26.3. The molecular formula is C12H16F2N2. The van der Waals surface area contributed by atoms with Gasteiger partial charge in [0.2, 0.25) is 0 Å². The van der Waals surface area contributed by atoms with Crippen LogP contribution in [0, 0.1) is 11.6 Å². The quantitative estimate of drug-likeness (QED) is 0.789. The number of nitrogens with one attached hydrogen (secondary N) is 1. The molecule has 0 aliphatic carbocycles. The summed E-state index contributed by atoms with van der Waals surface area (Å²) >= 11 is 0. The maximum absolute atomic E-state index is 13.2. The number of nitrogens with zero attached hydrogens (tertiary/aromatic N) is 1. The molecule has 1 aromatic carbocycles. The number of hydrogen-bond donors (Lipinski definition) is 1. The van der Waals surface area contributed by atoms with Crippen LogP contribution in [-0.4, -0.2) is 25.2 Å². The fourth-order valence-electron chi connectivity index (χ4n) is 2.16. The van der Waals surface area contributed by atoms with Crippen LogP contribution in [0.2, 0.25) is 0 Å². The molecule has 0 saturated carbocycles. The molecule has 0 aromatic heterocycles. The Morgan fingerprint density at radius 2 is 1.81 bits per heavy atom. The molecule has 1 aliphatic rings. The summed E-state index contributed by atoms with van der Waals surface area (Å²) in [5.74, 6) is -1.05. The maximum atomic E-state index is 13.2. The Morgan fingerprint density at radius 3 is 2.38 bits per heavy atom. The summed E-state index contributed by atoms with van der Waals surface area (Å²) in [4.78, 5) is 2.04. The molecule has 1 saturated heterocycles. The van der Waals surface area contributed by atoms with Crippen LogP contribution in [0.25, 0.3) is 0 Å². The van der Waals surface area contributed by atoms with Crippen molar-refractivity contribution in [3.05, 3.63) is 29.8 Å². The van der Waals surface area contributed by atoms with E-state index >= 15 is 0 Å². The van der Waals surface area contributed by atoms with E-state index in [-0.39, 0.29) is 5.54 Å². The summed E-state index contributed by atoms with van der Waals surface area (Å²) in [7, 11) is 0. The van der Waals surface area contributed by atoms with Crippen molar-refractivity contribution < 1.29 is 8.78 Å². The summed E-state index contributed by atoms with van der Waals surface area (Å²) in [5, 5.41) is 3.27. The lowest BCUT2D eigenvalue weighted by Crippen LogP contribution is -2.58. The first-order valence-corrected chi connectivity index (χ1v) is 5.43. The van der Waals surface area contributed by atoms with Gasteiger partial charge in [0.15, 0.2) is 0 Å². The van der Waals surface area contributed by atoms with E-state index in [1.165, 1.54) is 12.1 Å². The van der Waals surface area contributed by atoms with Crippen molar-refractivity contribution in [2.75, 3.05) is 24.5 Å². The minimum absolute atomic E-state index is 0.127. The second kappa shape index (κ2) is 4.01. The summed E-state index contributed by atoms with van der Waals surface area (Å²) in [6, 6.07) is 3.67. The topological polar surface area (TPSA) is 15.3 Å². The number of benzene rings is 1. The fourth-order valence-corrected chi connectivity index (χ4v) is 2.16. The van der Waals surface area contributed by atoms with Crippen molar-refractivity contribution in [2.45, 2.75) is 19.4 Å². The summed E-state index contributed by atoms with van der Waals surface area (Å²) in [6.45, 7) is 6.52. The molecule has 0 amide bonds. The molecule has 0 bridgehead atoms. The number of rotatable bonds is 1. The summed E-state index contributed by atoms with van der Waals surface area (Å²) in [6.07, 6.45) is 0. The zero-order valence-corrected chi connectivity index (χ0v) is 9.56. The highest BCUT2D eigenvalue weighted by Gasteiger charge is 2.30. The average Bonchev–Trinajstić information content (AvgIpc) is 2.15. The Balaban J connectivity index is 2.34. The van der Waals surface area contributed by atoms with Gasteiger partial charge in [-0.2, -0.15) is 0 Å². The second-order valence-electron chi connectivity index (χ2n) is 4.77. The lowest BCUT2D eigenvalue weighted by atomic mass is 9.99. The highest BCUT2D eigenvalue weighted by atomic mass is 19.1. The van der Waals surface area contributed by atoms with Gasteiger partial charge in [0.25, 0.3) is 0 Å². The van der Waals surface area contributed by atoms with Crippen molar-refractivity contribution >= 4 is 5.69 Å². The van der Waals surface area contributed by atoms with Gasteiger partial charge in [-0.15, -0.1) is 0 Å². The van der Waals surface area contributed by atoms with E-state index in [1.54, 1.807) is 0 Å². The van der Waals surface area contributed by atoms with E-state index < -0.39 is 11.6 Å². The molecule has 2 nitrogen and oxygen atoms in total. The first kappa shape index (κ1) is 11.3. The van der Waals surface area contributed by atoms with Crippen LogP contribution >= 0.6 is 0 Å². The van der Waals surface area contributed by atoms with Gasteiger partial charge < -0.3 is 10.2 Å². The molecule has 2 rings (SSSR count). The normalized spacial score (nSPS) is 19.9. The summed E-state index contributed by atoms with van der Waals surface area (Å²) in [5.41, 5.74) is 0.488. The number of hydrogen-bond acceptors (Lipinski definition) is 2. The van der Waals surface area contributed by atoms with Crippen LogP contribution in [-0.2, 0) is 0 Å². The van der Waals surface area contributed by atoms with E-state index in [9.17, 15) is 8.78 Å². The van der Waals surface area contributed by atoms with Gasteiger partial charge >= 0.3 is 0 Å². The highest BCUT2D eigenvalue weighted by molar-refractivity contribution is 5.50. The molecule has 4 heteroatoms. The monoisotopic (exact) mass is 226 g/mol. The van der Waals surface area contributed by atoms with Crippen molar-refractivity contribution in [1.82, 2.24) is 5.32 Å². The fraction of sp³-hybridized carbons (Fsp3) is 0.500. The Kier molecular flexibility index (Phi) is 2.84. The Labute approximate surface area is 94.3 Å². The molecule has 88 valence electrons. The van der Waals surface area contributed by atoms with Crippen molar-refractivity contribution in [3.8, 4) is 0 Å². The Morgan fingerprint density at radius 1 is 1.19 bits per heavy atom. The minimum Gasteiger partial charge on any atom is -0.364 e. The van der Waals surface area contributed by atoms with Gasteiger partial charge in [-0.1, -0.05) is 0 Å². The zero-order valence-electron chi connectivity index (χ0n) is 9.56. The lowest BCUT2D eigenvalue weighted by molar-refractivity contribution is 0.379. The maximum Gasteiger partial charge on any atom is 0.128 e. The predicted molar refractivity (Wildman–Crippen MR) is 60.7 cm³/mol. The largest absolute Gasteiger partial charge is 0.364 e. The van der Waals surface area contributed by atoms with Gasteiger partial charge in [-0.05, 0) is 26.0 Å². The number of anilines is 1. The second-order valence-corrected chi connectivity index (χ2v) is 4.77. The third-order valence-electron chi connectivity index (χ3n) is 2.96. The van der Waals surface area contributed by atoms with Gasteiger partial charge in [0, 0.05) is 36.9 Å². The predicted octanol–water partition coefficient (Wildman–Crippen LogP) is 2.15. The lowest BCUT2D eigenvalue weighted by Gasteiger charge is -2.44. The Bertz CT molecular complexity index is 370. The van der Waals surface area contributed by atoms with Gasteiger partial charge in [0.05, 0.1) is 0 Å². The molecule has 0 unspecified atom stereocenters. The molecule has 16 heavy (non-hydrogen) atoms. The van der Waals surface area contributed by atoms with E-state index in [0.717, 1.165) is 25.7 Å². The number of halogens is 2. The van der Waals surface area contributed by atoms with Crippen LogP contribution in [0.5, 0.6) is 0 Å². The molecule has 1 heterocycles. The van der Waals surface area contributed by atoms with E-state index in [1.807, 2.05) is 4.90 Å². The molecule has 1 aromatic rings. The molecule has 1 fully saturated rings. The third-order valence-corrected chi connectivity index (χ3v) is 2.96. The average molecular weight is 226 g/mol. The van der Waals surface area contributed by atoms with Crippen LogP contribution < -0.4 is 10.2 Å². The number of piperazine rings is 1. The van der Waals surface area contributed by atoms with Crippen LogP contribution in [0.4, 0.5) is 14.5 Å². The van der Waals surface area contributed by atoms with Crippen LogP contribution in [0.1, 0.15) is 13.8 Å². The van der Waals surface area contributed by atoms with Gasteiger partial charge in [-0.25, -0.2) is 8.78 Å².